The van der Waals surface area contributed by atoms with Gasteiger partial charge in [-0.2, -0.15) is 5.10 Å². The second-order valence-corrected chi connectivity index (χ2v) is 6.17. The fourth-order valence-electron chi connectivity index (χ4n) is 2.76. The van der Waals surface area contributed by atoms with Crippen molar-refractivity contribution >= 4 is 28.9 Å². The minimum atomic E-state index is -1.06. The van der Waals surface area contributed by atoms with Gasteiger partial charge in [-0.25, -0.2) is 9.78 Å². The summed E-state index contributed by atoms with van der Waals surface area (Å²) in [7, 11) is 3.10. The molecule has 0 fully saturated rings. The van der Waals surface area contributed by atoms with Crippen molar-refractivity contribution in [1.29, 1.82) is 0 Å². The Hall–Kier alpha value is -3.81. The molecule has 150 valence electrons. The molecule has 8 heteroatoms. The molecule has 2 aromatic carbocycles. The first kappa shape index (κ1) is 19.9. The van der Waals surface area contributed by atoms with E-state index in [1.807, 2.05) is 31.2 Å². The van der Waals surface area contributed by atoms with E-state index in [0.717, 1.165) is 27.8 Å². The number of rotatable bonds is 8. The van der Waals surface area contributed by atoms with Gasteiger partial charge in [0, 0.05) is 11.5 Å². The zero-order valence-electron chi connectivity index (χ0n) is 16.3. The van der Waals surface area contributed by atoms with Crippen molar-refractivity contribution in [1.82, 2.24) is 4.98 Å². The van der Waals surface area contributed by atoms with Crippen LogP contribution in [-0.2, 0) is 4.79 Å². The third-order valence-corrected chi connectivity index (χ3v) is 4.16. The number of hydrogen-bond acceptors (Lipinski definition) is 7. The zero-order chi connectivity index (χ0) is 20.8. The lowest BCUT2D eigenvalue weighted by molar-refractivity contribution is -0.139. The molecule has 3 aromatic rings. The molecular weight excluding hydrogens is 374 g/mol. The number of aromatic nitrogens is 1. The molecule has 0 saturated heterocycles. The number of benzene rings is 2. The van der Waals surface area contributed by atoms with Crippen LogP contribution in [0.1, 0.15) is 11.1 Å². The van der Waals surface area contributed by atoms with Gasteiger partial charge in [-0.1, -0.05) is 0 Å². The summed E-state index contributed by atoms with van der Waals surface area (Å²) in [6, 6.07) is 12.7. The summed E-state index contributed by atoms with van der Waals surface area (Å²) in [5.41, 5.74) is 5.55. The quantitative estimate of drug-likeness (QED) is 0.445. The molecule has 1 heterocycles. The van der Waals surface area contributed by atoms with E-state index >= 15 is 0 Å². The van der Waals surface area contributed by atoms with Crippen molar-refractivity contribution in [2.24, 2.45) is 5.10 Å². The molecule has 0 amide bonds. The number of aliphatic carboxylic acids is 1. The van der Waals surface area contributed by atoms with Crippen LogP contribution in [-0.4, -0.2) is 43.1 Å². The maximum atomic E-state index is 10.6. The summed E-state index contributed by atoms with van der Waals surface area (Å²) in [4.78, 5) is 15.2. The molecule has 2 N–H and O–H groups in total. The Morgan fingerprint density at radius 1 is 1.14 bits per heavy atom. The van der Waals surface area contributed by atoms with Crippen molar-refractivity contribution in [2.45, 2.75) is 6.92 Å². The van der Waals surface area contributed by atoms with Gasteiger partial charge >= 0.3 is 5.97 Å². The lowest BCUT2D eigenvalue weighted by atomic mass is 10.1. The smallest absolute Gasteiger partial charge is 0.341 e. The third kappa shape index (κ3) is 4.92. The van der Waals surface area contributed by atoms with Gasteiger partial charge in [-0.05, 0) is 54.4 Å². The van der Waals surface area contributed by atoms with Crippen LogP contribution >= 0.6 is 0 Å². The molecule has 0 aliphatic rings. The molecule has 0 saturated carbocycles. The van der Waals surface area contributed by atoms with Crippen LogP contribution in [0.2, 0.25) is 0 Å². The van der Waals surface area contributed by atoms with Crippen molar-refractivity contribution in [3.05, 3.63) is 53.6 Å². The number of nitrogens with zero attached hydrogens (tertiary/aromatic N) is 2. The molecule has 0 bridgehead atoms. The molecule has 0 unspecified atom stereocenters. The number of anilines is 1. The first-order valence-corrected chi connectivity index (χ1v) is 8.77. The number of ether oxygens (including phenoxy) is 3. The second kappa shape index (κ2) is 8.92. The zero-order valence-corrected chi connectivity index (χ0v) is 16.3. The highest BCUT2D eigenvalue weighted by atomic mass is 16.5. The standard InChI is InChI=1S/C21H21N3O5/c1-13-8-20(23-17-10-15(27-2)5-6-16(13)17)24-22-11-14-4-7-18(19(9-14)28-3)29-12-21(25)26/h4-11H,12H2,1-3H3,(H,23,24)(H,25,26)/b22-11+. The summed E-state index contributed by atoms with van der Waals surface area (Å²) in [5, 5.41) is 14.0. The highest BCUT2D eigenvalue weighted by Gasteiger charge is 2.07. The Kier molecular flexibility index (Phi) is 6.13. The largest absolute Gasteiger partial charge is 0.497 e. The van der Waals surface area contributed by atoms with Gasteiger partial charge in [-0.3, -0.25) is 5.43 Å². The van der Waals surface area contributed by atoms with Crippen molar-refractivity contribution in [3.63, 3.8) is 0 Å². The van der Waals surface area contributed by atoms with Crippen LogP contribution in [0.4, 0.5) is 5.82 Å². The van der Waals surface area contributed by atoms with Gasteiger partial charge in [0.05, 0.1) is 26.0 Å². The fraction of sp³-hybridized carbons (Fsp3) is 0.190. The van der Waals surface area contributed by atoms with Crippen LogP contribution in [0.3, 0.4) is 0 Å². The van der Waals surface area contributed by atoms with Gasteiger partial charge in [0.15, 0.2) is 18.1 Å². The first-order chi connectivity index (χ1) is 14.0. The fourth-order valence-corrected chi connectivity index (χ4v) is 2.76. The molecular formula is C21H21N3O5. The number of hydrogen-bond donors (Lipinski definition) is 2. The molecule has 0 aliphatic carbocycles. The summed E-state index contributed by atoms with van der Waals surface area (Å²) in [5.74, 6) is 1.05. The number of carboxylic acid groups (broad SMARTS) is 1. The Morgan fingerprint density at radius 3 is 2.69 bits per heavy atom. The molecule has 29 heavy (non-hydrogen) atoms. The minimum absolute atomic E-state index is 0.348. The molecule has 0 radical (unpaired) electrons. The number of carbonyl (C=O) groups is 1. The van der Waals surface area contributed by atoms with Gasteiger partial charge in [0.1, 0.15) is 11.6 Å². The average molecular weight is 395 g/mol. The number of carboxylic acids is 1. The lowest BCUT2D eigenvalue weighted by Gasteiger charge is -2.09. The van der Waals surface area contributed by atoms with Crippen molar-refractivity contribution < 1.29 is 24.1 Å². The Morgan fingerprint density at radius 2 is 1.97 bits per heavy atom. The van der Waals surface area contributed by atoms with Gasteiger partial charge in [0.2, 0.25) is 0 Å². The third-order valence-electron chi connectivity index (χ3n) is 4.16. The van der Waals surface area contributed by atoms with Crippen molar-refractivity contribution in [3.8, 4) is 17.2 Å². The van der Waals surface area contributed by atoms with Crippen molar-refractivity contribution in [2.75, 3.05) is 26.3 Å². The second-order valence-electron chi connectivity index (χ2n) is 6.17. The molecule has 3 rings (SSSR count). The van der Waals surface area contributed by atoms with E-state index in [2.05, 4.69) is 15.5 Å². The van der Waals surface area contributed by atoms with Gasteiger partial charge in [-0.15, -0.1) is 0 Å². The number of aryl methyl sites for hydroxylation is 1. The van der Waals surface area contributed by atoms with Crippen LogP contribution in [0, 0.1) is 6.92 Å². The highest BCUT2D eigenvalue weighted by Crippen LogP contribution is 2.28. The van der Waals surface area contributed by atoms with Crippen LogP contribution < -0.4 is 19.6 Å². The van der Waals surface area contributed by atoms with E-state index < -0.39 is 12.6 Å². The summed E-state index contributed by atoms with van der Waals surface area (Å²) >= 11 is 0. The molecule has 1 aromatic heterocycles. The predicted octanol–water partition coefficient (Wildman–Crippen LogP) is 3.47. The number of fused-ring (bicyclic) bond motifs is 1. The van der Waals surface area contributed by atoms with Crippen LogP contribution in [0.25, 0.3) is 10.9 Å². The number of nitrogens with one attached hydrogen (secondary N) is 1. The average Bonchev–Trinajstić information content (AvgIpc) is 2.72. The summed E-state index contributed by atoms with van der Waals surface area (Å²) < 4.78 is 15.7. The summed E-state index contributed by atoms with van der Waals surface area (Å²) in [6.45, 7) is 1.56. The highest BCUT2D eigenvalue weighted by molar-refractivity contribution is 5.85. The van der Waals surface area contributed by atoms with Gasteiger partial charge < -0.3 is 19.3 Å². The Labute approximate surface area is 167 Å². The van der Waals surface area contributed by atoms with Crippen LogP contribution in [0.5, 0.6) is 17.2 Å². The van der Waals surface area contributed by atoms with E-state index in [9.17, 15) is 4.79 Å². The lowest BCUT2D eigenvalue weighted by Crippen LogP contribution is -2.10. The molecule has 0 aliphatic heterocycles. The number of pyridine rings is 1. The van der Waals surface area contributed by atoms with E-state index in [0.29, 0.717) is 17.3 Å². The van der Waals surface area contributed by atoms with E-state index in [4.69, 9.17) is 19.3 Å². The number of methoxy groups -OCH3 is 2. The maximum Gasteiger partial charge on any atom is 0.341 e. The maximum absolute atomic E-state index is 10.6. The van der Waals surface area contributed by atoms with Crippen LogP contribution in [0.15, 0.2) is 47.6 Å². The van der Waals surface area contributed by atoms with E-state index in [-0.39, 0.29) is 0 Å². The minimum Gasteiger partial charge on any atom is -0.497 e. The SMILES string of the molecule is COc1ccc2c(C)cc(N/N=C/c3ccc(OCC(=O)O)c(OC)c3)nc2c1. The first-order valence-electron chi connectivity index (χ1n) is 8.77. The topological polar surface area (TPSA) is 102 Å². The molecule has 8 nitrogen and oxygen atoms in total. The normalized spacial score (nSPS) is 10.9. The Bertz CT molecular complexity index is 1070. The monoisotopic (exact) mass is 395 g/mol. The Balaban J connectivity index is 1.76. The predicted molar refractivity (Wildman–Crippen MR) is 110 cm³/mol. The van der Waals surface area contributed by atoms with Gasteiger partial charge in [0.25, 0.3) is 0 Å². The molecule has 0 atom stereocenters. The molecule has 0 spiro atoms. The van der Waals surface area contributed by atoms with E-state index in [1.54, 1.807) is 31.5 Å². The van der Waals surface area contributed by atoms with E-state index in [1.165, 1.54) is 7.11 Å². The summed E-state index contributed by atoms with van der Waals surface area (Å²) in [6.07, 6.45) is 1.61. The number of hydrazone groups is 1.